The number of piperidine rings is 1. The second-order valence-electron chi connectivity index (χ2n) is 7.00. The van der Waals surface area contributed by atoms with Gasteiger partial charge >= 0.3 is 6.18 Å². The second kappa shape index (κ2) is 7.47. The van der Waals surface area contributed by atoms with Crippen LogP contribution in [0.2, 0.25) is 0 Å². The molecule has 1 fully saturated rings. The number of benzene rings is 1. The highest BCUT2D eigenvalue weighted by atomic mass is 19.4. The van der Waals surface area contributed by atoms with Gasteiger partial charge in [-0.05, 0) is 51.6 Å². The molecule has 9 heteroatoms. The molecule has 2 aliphatic heterocycles. The van der Waals surface area contributed by atoms with Crippen molar-refractivity contribution in [3.05, 3.63) is 23.8 Å². The molecule has 2 heterocycles. The van der Waals surface area contributed by atoms with Gasteiger partial charge in [0.2, 0.25) is 11.8 Å². The topological polar surface area (TPSA) is 64.7 Å². The molecule has 0 spiro atoms. The van der Waals surface area contributed by atoms with E-state index < -0.39 is 23.7 Å². The Hall–Kier alpha value is -2.13. The van der Waals surface area contributed by atoms with Crippen LogP contribution in [0.4, 0.5) is 24.5 Å². The molecule has 1 aromatic rings. The van der Waals surface area contributed by atoms with Crippen molar-refractivity contribution in [2.75, 3.05) is 36.9 Å². The summed E-state index contributed by atoms with van der Waals surface area (Å²) < 4.78 is 38.8. The van der Waals surface area contributed by atoms with E-state index in [1.165, 1.54) is 11.0 Å². The molecule has 3 rings (SSSR count). The summed E-state index contributed by atoms with van der Waals surface area (Å²) in [4.78, 5) is 28.4. The fourth-order valence-electron chi connectivity index (χ4n) is 3.64. The summed E-state index contributed by atoms with van der Waals surface area (Å²) in [6.07, 6.45) is -2.53. The molecule has 2 atom stereocenters. The van der Waals surface area contributed by atoms with Gasteiger partial charge in [-0.3, -0.25) is 19.4 Å². The predicted octanol–water partition coefficient (Wildman–Crippen LogP) is 2.06. The molecule has 27 heavy (non-hydrogen) atoms. The maximum Gasteiger partial charge on any atom is 0.416 e. The normalized spacial score (nSPS) is 22.2. The lowest BCUT2D eigenvalue weighted by molar-refractivity contribution is -0.137. The molecule has 0 radical (unpaired) electrons. The first-order valence-corrected chi connectivity index (χ1v) is 8.94. The molecular weight excluding hydrogens is 361 g/mol. The highest BCUT2D eigenvalue weighted by Gasteiger charge is 2.36. The molecule has 1 saturated heterocycles. The molecular formula is C18H23F3N4O2. The number of likely N-dealkylation sites (tertiary alicyclic amines) is 1. The number of halogens is 3. The van der Waals surface area contributed by atoms with E-state index in [0.29, 0.717) is 18.3 Å². The molecule has 1 aromatic carbocycles. The van der Waals surface area contributed by atoms with Crippen molar-refractivity contribution < 1.29 is 22.8 Å². The van der Waals surface area contributed by atoms with Crippen molar-refractivity contribution in [1.29, 1.82) is 0 Å². The summed E-state index contributed by atoms with van der Waals surface area (Å²) in [6, 6.07) is 2.87. The zero-order valence-corrected chi connectivity index (χ0v) is 15.3. The number of hydrogen-bond acceptors (Lipinski definition) is 4. The zero-order chi connectivity index (χ0) is 19.8. The summed E-state index contributed by atoms with van der Waals surface area (Å²) in [6.45, 7) is 3.05. The molecule has 0 aromatic heterocycles. The van der Waals surface area contributed by atoms with Gasteiger partial charge in [-0.1, -0.05) is 0 Å². The molecule has 148 valence electrons. The smallest absolute Gasteiger partial charge is 0.323 e. The SMILES string of the molecule is CNC1CCCN(C(C)C(=O)N2CC(=O)Nc3cc(C(F)(F)F)ccc32)C1. The summed E-state index contributed by atoms with van der Waals surface area (Å²) in [5, 5.41) is 5.65. The van der Waals surface area contributed by atoms with Gasteiger partial charge in [0.05, 0.1) is 23.0 Å². The Morgan fingerprint density at radius 1 is 1.37 bits per heavy atom. The van der Waals surface area contributed by atoms with Crippen molar-refractivity contribution in [2.45, 2.75) is 38.0 Å². The van der Waals surface area contributed by atoms with Gasteiger partial charge < -0.3 is 10.6 Å². The molecule has 2 N–H and O–H groups in total. The van der Waals surface area contributed by atoms with Gasteiger partial charge in [-0.2, -0.15) is 13.2 Å². The van der Waals surface area contributed by atoms with Crippen molar-refractivity contribution in [3.8, 4) is 0 Å². The van der Waals surface area contributed by atoms with Gasteiger partial charge in [-0.25, -0.2) is 0 Å². The van der Waals surface area contributed by atoms with Crippen LogP contribution in [0.15, 0.2) is 18.2 Å². The van der Waals surface area contributed by atoms with E-state index in [0.717, 1.165) is 31.5 Å². The highest BCUT2D eigenvalue weighted by molar-refractivity contribution is 6.11. The van der Waals surface area contributed by atoms with Crippen LogP contribution in [0.1, 0.15) is 25.3 Å². The Bertz CT molecular complexity index is 738. The molecule has 6 nitrogen and oxygen atoms in total. The summed E-state index contributed by atoms with van der Waals surface area (Å²) in [5.74, 6) is -0.795. The van der Waals surface area contributed by atoms with E-state index in [-0.39, 0.29) is 18.1 Å². The largest absolute Gasteiger partial charge is 0.416 e. The number of nitrogens with one attached hydrogen (secondary N) is 2. The van der Waals surface area contributed by atoms with Gasteiger partial charge in [0, 0.05) is 12.6 Å². The van der Waals surface area contributed by atoms with Crippen molar-refractivity contribution in [3.63, 3.8) is 0 Å². The second-order valence-corrected chi connectivity index (χ2v) is 7.00. The summed E-state index contributed by atoms with van der Waals surface area (Å²) in [7, 11) is 1.88. The number of likely N-dealkylation sites (N-methyl/N-ethyl adjacent to an activating group) is 1. The number of carbonyl (C=O) groups excluding carboxylic acids is 2. The number of anilines is 2. The van der Waals surface area contributed by atoms with E-state index in [4.69, 9.17) is 0 Å². The minimum absolute atomic E-state index is 0.00775. The standard InChI is InChI=1S/C18H23F3N4O2/c1-11(24-7-3-4-13(9-24)22-2)17(27)25-10-16(26)23-14-8-12(18(19,20)21)5-6-15(14)25/h5-6,8,11,13,22H,3-4,7,9-10H2,1-2H3,(H,23,26). The molecule has 2 amide bonds. The van der Waals surface area contributed by atoms with E-state index in [1.54, 1.807) is 6.92 Å². The molecule has 0 aliphatic carbocycles. The van der Waals surface area contributed by atoms with Crippen LogP contribution < -0.4 is 15.5 Å². The third kappa shape index (κ3) is 4.08. The van der Waals surface area contributed by atoms with E-state index in [1.807, 2.05) is 11.9 Å². The fourth-order valence-corrected chi connectivity index (χ4v) is 3.64. The Morgan fingerprint density at radius 2 is 2.11 bits per heavy atom. The Kier molecular flexibility index (Phi) is 5.43. The van der Waals surface area contributed by atoms with Crippen LogP contribution in [0.25, 0.3) is 0 Å². The number of fused-ring (bicyclic) bond motifs is 1. The van der Waals surface area contributed by atoms with Crippen molar-refractivity contribution >= 4 is 23.2 Å². The minimum atomic E-state index is -4.52. The number of alkyl halides is 3. The molecule has 0 saturated carbocycles. The Labute approximate surface area is 155 Å². The van der Waals surface area contributed by atoms with E-state index >= 15 is 0 Å². The summed E-state index contributed by atoms with van der Waals surface area (Å²) >= 11 is 0. The van der Waals surface area contributed by atoms with Gasteiger partial charge in [0.25, 0.3) is 0 Å². The number of amides is 2. The zero-order valence-electron chi connectivity index (χ0n) is 15.3. The third-order valence-corrected chi connectivity index (χ3v) is 5.22. The highest BCUT2D eigenvalue weighted by Crippen LogP contribution is 2.37. The number of rotatable bonds is 3. The average molecular weight is 384 g/mol. The van der Waals surface area contributed by atoms with Crippen LogP contribution in [-0.4, -0.2) is 55.5 Å². The Balaban J connectivity index is 1.84. The first-order chi connectivity index (χ1) is 12.7. The third-order valence-electron chi connectivity index (χ3n) is 5.22. The fraction of sp³-hybridized carbons (Fsp3) is 0.556. The molecule has 2 aliphatic rings. The minimum Gasteiger partial charge on any atom is -0.323 e. The average Bonchev–Trinajstić information content (AvgIpc) is 2.64. The predicted molar refractivity (Wildman–Crippen MR) is 95.5 cm³/mol. The number of nitrogens with zero attached hydrogens (tertiary/aromatic N) is 2. The van der Waals surface area contributed by atoms with Crippen molar-refractivity contribution in [1.82, 2.24) is 10.2 Å². The van der Waals surface area contributed by atoms with Gasteiger partial charge in [-0.15, -0.1) is 0 Å². The number of hydrogen-bond donors (Lipinski definition) is 2. The van der Waals surface area contributed by atoms with Crippen LogP contribution in [0.3, 0.4) is 0 Å². The maximum atomic E-state index is 13.0. The quantitative estimate of drug-likeness (QED) is 0.838. The van der Waals surface area contributed by atoms with Crippen LogP contribution >= 0.6 is 0 Å². The first-order valence-electron chi connectivity index (χ1n) is 8.94. The van der Waals surface area contributed by atoms with E-state index in [2.05, 4.69) is 10.6 Å². The van der Waals surface area contributed by atoms with Gasteiger partial charge in [0.1, 0.15) is 6.54 Å². The maximum absolute atomic E-state index is 13.0. The monoisotopic (exact) mass is 384 g/mol. The van der Waals surface area contributed by atoms with Crippen molar-refractivity contribution in [2.24, 2.45) is 0 Å². The molecule has 2 unspecified atom stereocenters. The van der Waals surface area contributed by atoms with Crippen LogP contribution in [0, 0.1) is 0 Å². The summed E-state index contributed by atoms with van der Waals surface area (Å²) in [5.41, 5.74) is -0.563. The first kappa shape index (κ1) is 19.6. The van der Waals surface area contributed by atoms with Crippen LogP contribution in [-0.2, 0) is 15.8 Å². The lowest BCUT2D eigenvalue weighted by Crippen LogP contribution is -2.55. The Morgan fingerprint density at radius 3 is 2.78 bits per heavy atom. The van der Waals surface area contributed by atoms with Crippen LogP contribution in [0.5, 0.6) is 0 Å². The lowest BCUT2D eigenvalue weighted by atomic mass is 10.0. The number of carbonyl (C=O) groups is 2. The van der Waals surface area contributed by atoms with E-state index in [9.17, 15) is 22.8 Å². The molecule has 0 bridgehead atoms. The lowest BCUT2D eigenvalue weighted by Gasteiger charge is -2.39. The van der Waals surface area contributed by atoms with Gasteiger partial charge in [0.15, 0.2) is 0 Å².